The van der Waals surface area contributed by atoms with Gasteiger partial charge in [-0.15, -0.1) is 0 Å². The molecule has 1 saturated heterocycles. The molecule has 0 radical (unpaired) electrons. The van der Waals surface area contributed by atoms with Gasteiger partial charge in [-0.3, -0.25) is 4.79 Å². The first-order valence-electron chi connectivity index (χ1n) is 12.3. The number of aromatic nitrogens is 6. The molecule has 0 bridgehead atoms. The summed E-state index contributed by atoms with van der Waals surface area (Å²) in [5, 5.41) is 3.56. The van der Waals surface area contributed by atoms with Crippen LogP contribution >= 0.6 is 0 Å². The lowest BCUT2D eigenvalue weighted by molar-refractivity contribution is -0.133. The number of hydrogen-bond donors (Lipinski definition) is 4. The molecule has 2 aliphatic rings. The smallest absolute Gasteiger partial charge is 0.240 e. The van der Waals surface area contributed by atoms with Crippen molar-refractivity contribution < 1.29 is 9.53 Å². The first-order chi connectivity index (χ1) is 17.7. The molecule has 3 atom stereocenters. The van der Waals surface area contributed by atoms with E-state index in [1.54, 1.807) is 25.2 Å². The van der Waals surface area contributed by atoms with E-state index in [2.05, 4.69) is 41.3 Å². The van der Waals surface area contributed by atoms with Crippen molar-refractivity contribution in [3.05, 3.63) is 65.9 Å². The van der Waals surface area contributed by atoms with Crippen LogP contribution in [0.25, 0.3) is 11.2 Å². The number of imidazole rings is 2. The third-order valence-electron chi connectivity index (χ3n) is 7.08. The van der Waals surface area contributed by atoms with Crippen LogP contribution in [0.3, 0.4) is 0 Å². The summed E-state index contributed by atoms with van der Waals surface area (Å²) >= 11 is 0. The average molecular weight is 488 g/mol. The lowest BCUT2D eigenvalue weighted by atomic mass is 9.97. The van der Waals surface area contributed by atoms with Gasteiger partial charge in [-0.25, -0.2) is 19.9 Å². The van der Waals surface area contributed by atoms with Crippen LogP contribution in [0.1, 0.15) is 41.5 Å². The van der Waals surface area contributed by atoms with Gasteiger partial charge in [0.15, 0.2) is 11.8 Å². The summed E-state index contributed by atoms with van der Waals surface area (Å²) < 4.78 is 6.74. The molecule has 5 N–H and O–H groups in total. The van der Waals surface area contributed by atoms with Crippen LogP contribution in [-0.4, -0.2) is 65.9 Å². The number of carbonyl (C=O) groups excluding carboxylic acids is 1. The Morgan fingerprint density at radius 1 is 1.22 bits per heavy atom. The number of hydrogen-bond acceptors (Lipinski definition) is 8. The molecule has 186 valence electrons. The van der Waals surface area contributed by atoms with Gasteiger partial charge in [0, 0.05) is 31.3 Å². The number of rotatable bonds is 7. The number of fused-ring (bicyclic) bond motifs is 2. The molecule has 11 nitrogen and oxygen atoms in total. The predicted molar refractivity (Wildman–Crippen MR) is 132 cm³/mol. The van der Waals surface area contributed by atoms with Crippen LogP contribution < -0.4 is 15.8 Å². The summed E-state index contributed by atoms with van der Waals surface area (Å²) in [6.07, 6.45) is 9.38. The summed E-state index contributed by atoms with van der Waals surface area (Å²) in [6, 6.07) is 5.54. The zero-order chi connectivity index (χ0) is 24.5. The number of carbonyl (C=O) groups is 1. The van der Waals surface area contributed by atoms with E-state index in [4.69, 9.17) is 10.5 Å². The molecule has 36 heavy (non-hydrogen) atoms. The molecule has 2 unspecified atom stereocenters. The number of nitrogens with one attached hydrogen (secondary N) is 3. The van der Waals surface area contributed by atoms with Gasteiger partial charge in [-0.2, -0.15) is 0 Å². The molecular formula is C25H29N9O2. The quantitative estimate of drug-likeness (QED) is 0.305. The molecule has 3 aromatic heterocycles. The van der Waals surface area contributed by atoms with Gasteiger partial charge >= 0.3 is 0 Å². The first kappa shape index (κ1) is 22.6. The number of H-pyrrole nitrogens is 2. The molecule has 0 saturated carbocycles. The fourth-order valence-electron chi connectivity index (χ4n) is 5.22. The van der Waals surface area contributed by atoms with Crippen molar-refractivity contribution >= 4 is 17.1 Å². The van der Waals surface area contributed by atoms with Crippen LogP contribution in [0.2, 0.25) is 0 Å². The zero-order valence-corrected chi connectivity index (χ0v) is 19.9. The van der Waals surface area contributed by atoms with Crippen LogP contribution in [0.5, 0.6) is 5.75 Å². The molecule has 5 heterocycles. The maximum absolute atomic E-state index is 13.2. The minimum absolute atomic E-state index is 0.0819. The largest absolute Gasteiger partial charge is 0.482 e. The number of ether oxygens (including phenoxy) is 1. The highest BCUT2D eigenvalue weighted by Gasteiger charge is 2.33. The Labute approximate surface area is 207 Å². The van der Waals surface area contributed by atoms with Crippen LogP contribution in [0.4, 0.5) is 0 Å². The van der Waals surface area contributed by atoms with Crippen LogP contribution in [-0.2, 0) is 24.2 Å². The Kier molecular flexibility index (Phi) is 6.08. The first-order valence-corrected chi connectivity index (χ1v) is 12.3. The average Bonchev–Trinajstić information content (AvgIpc) is 3.69. The number of nitrogens with zero attached hydrogens (tertiary/aromatic N) is 5. The Morgan fingerprint density at radius 2 is 2.17 bits per heavy atom. The third-order valence-corrected chi connectivity index (χ3v) is 7.08. The number of benzene rings is 1. The maximum Gasteiger partial charge on any atom is 0.240 e. The molecule has 4 aromatic rings. The highest BCUT2D eigenvalue weighted by Crippen LogP contribution is 2.35. The topological polar surface area (TPSA) is 151 Å². The molecule has 1 fully saturated rings. The summed E-state index contributed by atoms with van der Waals surface area (Å²) in [5.41, 5.74) is 11.4. The fraction of sp³-hybridized carbons (Fsp3) is 0.400. The highest BCUT2D eigenvalue weighted by atomic mass is 16.5. The van der Waals surface area contributed by atoms with Gasteiger partial charge < -0.3 is 30.7 Å². The van der Waals surface area contributed by atoms with Crippen molar-refractivity contribution in [1.29, 1.82) is 0 Å². The van der Waals surface area contributed by atoms with Crippen molar-refractivity contribution in [3.63, 3.8) is 0 Å². The Morgan fingerprint density at radius 3 is 3.00 bits per heavy atom. The van der Waals surface area contributed by atoms with Gasteiger partial charge in [0.2, 0.25) is 5.91 Å². The summed E-state index contributed by atoms with van der Waals surface area (Å²) in [5.74, 6) is 0.674. The minimum atomic E-state index is -0.646. The van der Waals surface area contributed by atoms with Crippen molar-refractivity contribution in [1.82, 2.24) is 40.1 Å². The van der Waals surface area contributed by atoms with Crippen molar-refractivity contribution in [2.75, 3.05) is 13.1 Å². The monoisotopic (exact) mass is 487 g/mol. The van der Waals surface area contributed by atoms with Gasteiger partial charge in [-0.1, -0.05) is 12.1 Å². The molecule has 1 amide bonds. The van der Waals surface area contributed by atoms with Gasteiger partial charge in [0.05, 0.1) is 30.4 Å². The normalized spacial score (nSPS) is 19.2. The minimum Gasteiger partial charge on any atom is -0.482 e. The lowest BCUT2D eigenvalue weighted by Gasteiger charge is -2.33. The number of amides is 1. The molecule has 0 spiro atoms. The Bertz CT molecular complexity index is 1350. The number of aromatic amines is 2. The predicted octanol–water partition coefficient (Wildman–Crippen LogP) is 1.40. The standard InChI is InChI=1S/C25H29N9O2/c26-18(9-16-10-27-12-29-16)25(35)34-8-6-15-3-1-5-20(17(15)11-34)36-23(19-4-2-7-28-19)21-22-24(32-13-30-21)33-14-31-22/h1,3,5,10,12-14,18-19,23,28H,2,4,6-9,11,26H2,(H,27,29)(H,30,31,32,33)/t18?,19?,23-/m1/s1. The van der Waals surface area contributed by atoms with Crippen LogP contribution in [0.15, 0.2) is 43.4 Å². The second-order valence-electron chi connectivity index (χ2n) is 9.37. The second kappa shape index (κ2) is 9.67. The third kappa shape index (κ3) is 4.31. The van der Waals surface area contributed by atoms with Gasteiger partial charge in [0.1, 0.15) is 23.3 Å². The molecule has 2 aliphatic heterocycles. The van der Waals surface area contributed by atoms with Gasteiger partial charge in [-0.05, 0) is 37.4 Å². The van der Waals surface area contributed by atoms with E-state index in [1.807, 2.05) is 17.0 Å². The fourth-order valence-corrected chi connectivity index (χ4v) is 5.22. The van der Waals surface area contributed by atoms with E-state index in [0.29, 0.717) is 30.7 Å². The van der Waals surface area contributed by atoms with Crippen molar-refractivity contribution in [2.45, 2.75) is 50.4 Å². The van der Waals surface area contributed by atoms with E-state index in [-0.39, 0.29) is 18.1 Å². The van der Waals surface area contributed by atoms with E-state index < -0.39 is 6.04 Å². The van der Waals surface area contributed by atoms with E-state index in [0.717, 1.165) is 48.5 Å². The van der Waals surface area contributed by atoms with Crippen LogP contribution in [0, 0.1) is 0 Å². The van der Waals surface area contributed by atoms with Gasteiger partial charge in [0.25, 0.3) is 0 Å². The SMILES string of the molecule is NC(Cc1c[nH]cn1)C(=O)N1CCc2cccc(O[C@@H](c3ncnc4[nH]cnc34)C3CCCN3)c2C1. The summed E-state index contributed by atoms with van der Waals surface area (Å²) in [4.78, 5) is 38.5. The molecule has 1 aromatic carbocycles. The lowest BCUT2D eigenvalue weighted by Crippen LogP contribution is -2.47. The van der Waals surface area contributed by atoms with E-state index in [9.17, 15) is 4.79 Å². The Hall–Kier alpha value is -3.83. The van der Waals surface area contributed by atoms with E-state index in [1.165, 1.54) is 5.56 Å². The summed E-state index contributed by atoms with van der Waals surface area (Å²) in [6.45, 7) is 2.00. The van der Waals surface area contributed by atoms with E-state index >= 15 is 0 Å². The molecule has 11 heteroatoms. The van der Waals surface area contributed by atoms with Crippen molar-refractivity contribution in [3.8, 4) is 5.75 Å². The summed E-state index contributed by atoms with van der Waals surface area (Å²) in [7, 11) is 0. The number of nitrogens with two attached hydrogens (primary N) is 1. The highest BCUT2D eigenvalue weighted by molar-refractivity contribution is 5.82. The molecular weight excluding hydrogens is 458 g/mol. The molecule has 0 aliphatic carbocycles. The maximum atomic E-state index is 13.2. The Balaban J connectivity index is 1.28. The molecule has 6 rings (SSSR count). The van der Waals surface area contributed by atoms with Crippen molar-refractivity contribution in [2.24, 2.45) is 5.73 Å². The second-order valence-corrected chi connectivity index (χ2v) is 9.37. The zero-order valence-electron chi connectivity index (χ0n) is 19.9.